The molecular formula is C22H23N3O2S. The second-order valence-corrected chi connectivity index (χ2v) is 8.39. The number of thiophene rings is 1. The Morgan fingerprint density at radius 3 is 2.89 bits per heavy atom. The molecule has 3 aromatic rings. The highest BCUT2D eigenvalue weighted by Crippen LogP contribution is 2.43. The van der Waals surface area contributed by atoms with Crippen LogP contribution in [0.2, 0.25) is 0 Å². The van der Waals surface area contributed by atoms with E-state index in [1.54, 1.807) is 18.4 Å². The number of fused-ring (bicyclic) bond motifs is 4. The standard InChI is InChI=1S/C22H23N3O2S/c1-3-25-11-10-15-17(12-25)28-22-19(15)21(26)23-20(24-22)18-14-7-5-4-6-13(14)8-9-16(18)27-2/h4-9,20,24H,3,10-12H2,1-2H3,(H,23,26)/t20-/m0/s1. The molecule has 2 aromatic carbocycles. The van der Waals surface area contributed by atoms with Gasteiger partial charge in [-0.25, -0.2) is 0 Å². The predicted molar refractivity (Wildman–Crippen MR) is 113 cm³/mol. The maximum atomic E-state index is 13.1. The zero-order valence-electron chi connectivity index (χ0n) is 16.0. The van der Waals surface area contributed by atoms with Crippen LogP contribution in [0.5, 0.6) is 5.75 Å². The number of ether oxygens (including phenoxy) is 1. The van der Waals surface area contributed by atoms with Crippen molar-refractivity contribution in [1.29, 1.82) is 0 Å². The van der Waals surface area contributed by atoms with Crippen LogP contribution in [-0.4, -0.2) is 31.0 Å². The molecule has 2 aliphatic rings. The van der Waals surface area contributed by atoms with E-state index in [9.17, 15) is 4.79 Å². The van der Waals surface area contributed by atoms with Gasteiger partial charge in [-0.05, 0) is 35.4 Å². The first-order valence-corrected chi connectivity index (χ1v) is 10.5. The van der Waals surface area contributed by atoms with E-state index in [0.717, 1.165) is 58.7 Å². The van der Waals surface area contributed by atoms with Crippen molar-refractivity contribution in [2.24, 2.45) is 0 Å². The number of methoxy groups -OCH3 is 1. The van der Waals surface area contributed by atoms with E-state index in [1.165, 1.54) is 10.4 Å². The van der Waals surface area contributed by atoms with E-state index >= 15 is 0 Å². The number of likely N-dealkylation sites (N-methyl/N-ethyl adjacent to an activating group) is 1. The van der Waals surface area contributed by atoms with Crippen LogP contribution in [0.25, 0.3) is 10.8 Å². The number of hydrogen-bond donors (Lipinski definition) is 2. The molecule has 5 nitrogen and oxygen atoms in total. The normalized spacial score (nSPS) is 18.9. The molecule has 2 aliphatic heterocycles. The van der Waals surface area contributed by atoms with Crippen LogP contribution in [0, 0.1) is 0 Å². The average Bonchev–Trinajstić information content (AvgIpc) is 3.10. The first-order valence-electron chi connectivity index (χ1n) is 9.69. The van der Waals surface area contributed by atoms with E-state index in [0.29, 0.717) is 0 Å². The predicted octanol–water partition coefficient (Wildman–Crippen LogP) is 4.14. The lowest BCUT2D eigenvalue weighted by molar-refractivity contribution is 0.0934. The number of nitrogens with zero attached hydrogens (tertiary/aromatic N) is 1. The van der Waals surface area contributed by atoms with Crippen molar-refractivity contribution in [2.45, 2.75) is 26.1 Å². The summed E-state index contributed by atoms with van der Waals surface area (Å²) in [6.07, 6.45) is 0.621. The molecule has 0 unspecified atom stereocenters. The van der Waals surface area contributed by atoms with Crippen LogP contribution in [-0.2, 0) is 13.0 Å². The lowest BCUT2D eigenvalue weighted by Gasteiger charge is -2.29. The molecule has 3 heterocycles. The second kappa shape index (κ2) is 6.79. The molecule has 6 heteroatoms. The van der Waals surface area contributed by atoms with Gasteiger partial charge < -0.3 is 15.4 Å². The topological polar surface area (TPSA) is 53.6 Å². The third kappa shape index (κ3) is 2.67. The summed E-state index contributed by atoms with van der Waals surface area (Å²) in [6.45, 7) is 5.17. The zero-order valence-corrected chi connectivity index (χ0v) is 16.9. The van der Waals surface area contributed by atoms with E-state index < -0.39 is 0 Å². The maximum Gasteiger partial charge on any atom is 0.256 e. The van der Waals surface area contributed by atoms with Crippen molar-refractivity contribution in [1.82, 2.24) is 10.2 Å². The van der Waals surface area contributed by atoms with Gasteiger partial charge in [-0.15, -0.1) is 11.3 Å². The number of rotatable bonds is 3. The number of carbonyl (C=O) groups excluding carboxylic acids is 1. The number of hydrogen-bond acceptors (Lipinski definition) is 5. The van der Waals surface area contributed by atoms with Crippen LogP contribution in [0.15, 0.2) is 36.4 Å². The molecule has 0 aliphatic carbocycles. The van der Waals surface area contributed by atoms with Gasteiger partial charge in [-0.1, -0.05) is 37.3 Å². The smallest absolute Gasteiger partial charge is 0.256 e. The van der Waals surface area contributed by atoms with Crippen LogP contribution in [0.3, 0.4) is 0 Å². The fourth-order valence-corrected chi connectivity index (χ4v) is 5.65. The largest absolute Gasteiger partial charge is 0.496 e. The fraction of sp³-hybridized carbons (Fsp3) is 0.318. The van der Waals surface area contributed by atoms with Gasteiger partial charge in [-0.2, -0.15) is 0 Å². The van der Waals surface area contributed by atoms with Gasteiger partial charge in [0.25, 0.3) is 5.91 Å². The van der Waals surface area contributed by atoms with E-state index in [1.807, 2.05) is 18.2 Å². The Kier molecular flexibility index (Phi) is 4.25. The molecule has 1 atom stereocenters. The lowest BCUT2D eigenvalue weighted by Crippen LogP contribution is -2.39. The summed E-state index contributed by atoms with van der Waals surface area (Å²) in [5, 5.41) is 9.96. The molecule has 0 fully saturated rings. The highest BCUT2D eigenvalue weighted by atomic mass is 32.1. The Morgan fingerprint density at radius 2 is 2.07 bits per heavy atom. The van der Waals surface area contributed by atoms with Crippen molar-refractivity contribution >= 4 is 33.0 Å². The number of amides is 1. The fourth-order valence-electron chi connectivity index (χ4n) is 4.33. The number of anilines is 1. The second-order valence-electron chi connectivity index (χ2n) is 7.28. The van der Waals surface area contributed by atoms with E-state index in [4.69, 9.17) is 4.74 Å². The van der Waals surface area contributed by atoms with Crippen molar-refractivity contribution < 1.29 is 9.53 Å². The molecule has 5 rings (SSSR count). The third-order valence-corrected chi connectivity index (χ3v) is 6.95. The number of benzene rings is 2. The summed E-state index contributed by atoms with van der Waals surface area (Å²) >= 11 is 1.72. The maximum absolute atomic E-state index is 13.1. The van der Waals surface area contributed by atoms with E-state index in [2.05, 4.69) is 40.7 Å². The van der Waals surface area contributed by atoms with Crippen LogP contribution >= 0.6 is 11.3 Å². The molecule has 0 spiro atoms. The summed E-state index contributed by atoms with van der Waals surface area (Å²) in [7, 11) is 1.67. The summed E-state index contributed by atoms with van der Waals surface area (Å²) < 4.78 is 5.65. The van der Waals surface area contributed by atoms with Crippen molar-refractivity contribution in [3.63, 3.8) is 0 Å². The Morgan fingerprint density at radius 1 is 1.21 bits per heavy atom. The Balaban J connectivity index is 1.59. The summed E-state index contributed by atoms with van der Waals surface area (Å²) in [6, 6.07) is 12.2. The Hall–Kier alpha value is -2.57. The Bertz CT molecular complexity index is 1080. The highest BCUT2D eigenvalue weighted by Gasteiger charge is 2.34. The molecule has 0 radical (unpaired) electrons. The van der Waals surface area contributed by atoms with Crippen LogP contribution in [0.4, 0.5) is 5.00 Å². The molecule has 28 heavy (non-hydrogen) atoms. The average molecular weight is 394 g/mol. The summed E-state index contributed by atoms with van der Waals surface area (Å²) in [4.78, 5) is 16.8. The molecule has 0 saturated heterocycles. The van der Waals surface area contributed by atoms with Gasteiger partial charge in [0.2, 0.25) is 0 Å². The van der Waals surface area contributed by atoms with Crippen molar-refractivity contribution in [3.8, 4) is 5.75 Å². The quantitative estimate of drug-likeness (QED) is 0.702. The van der Waals surface area contributed by atoms with Gasteiger partial charge in [-0.3, -0.25) is 9.69 Å². The van der Waals surface area contributed by atoms with E-state index in [-0.39, 0.29) is 12.1 Å². The molecule has 0 bridgehead atoms. The molecule has 1 aromatic heterocycles. The summed E-state index contributed by atoms with van der Waals surface area (Å²) in [5.41, 5.74) is 3.03. The number of carbonyl (C=O) groups is 1. The first-order chi connectivity index (χ1) is 13.7. The van der Waals surface area contributed by atoms with Gasteiger partial charge >= 0.3 is 0 Å². The molecule has 144 valence electrons. The third-order valence-electron chi connectivity index (χ3n) is 5.80. The van der Waals surface area contributed by atoms with Crippen molar-refractivity contribution in [3.05, 3.63) is 58.0 Å². The Labute approximate surface area is 168 Å². The van der Waals surface area contributed by atoms with Gasteiger partial charge in [0.05, 0.1) is 12.7 Å². The lowest BCUT2D eigenvalue weighted by atomic mass is 9.97. The zero-order chi connectivity index (χ0) is 19.3. The molecule has 1 amide bonds. The number of nitrogens with one attached hydrogen (secondary N) is 2. The van der Waals surface area contributed by atoms with Gasteiger partial charge in [0.15, 0.2) is 0 Å². The minimum Gasteiger partial charge on any atom is -0.496 e. The highest BCUT2D eigenvalue weighted by molar-refractivity contribution is 7.16. The molecule has 0 saturated carbocycles. The SMILES string of the molecule is CCN1CCc2c(sc3c2C(=O)N[C@H](c2c(OC)ccc4ccccc24)N3)C1. The molecule has 2 N–H and O–H groups in total. The van der Waals surface area contributed by atoms with Gasteiger partial charge in [0.1, 0.15) is 16.9 Å². The van der Waals surface area contributed by atoms with Crippen LogP contribution < -0.4 is 15.4 Å². The first kappa shape index (κ1) is 17.5. The van der Waals surface area contributed by atoms with Crippen LogP contribution in [0.1, 0.15) is 39.5 Å². The summed E-state index contributed by atoms with van der Waals surface area (Å²) in [5.74, 6) is 0.787. The monoisotopic (exact) mass is 393 g/mol. The minimum atomic E-state index is -0.316. The van der Waals surface area contributed by atoms with Crippen molar-refractivity contribution in [2.75, 3.05) is 25.5 Å². The van der Waals surface area contributed by atoms with Gasteiger partial charge in [0, 0.05) is 23.5 Å². The minimum absolute atomic E-state index is 0.0104. The molecular weight excluding hydrogens is 370 g/mol.